The van der Waals surface area contributed by atoms with Gasteiger partial charge in [-0.05, 0) is 17.2 Å². The SMILES string of the molecule is C=C[C@H]1CN(Cc2ccccc2)Cc2cc(O)c(OC)c(O)c21. The van der Waals surface area contributed by atoms with E-state index in [1.54, 1.807) is 6.07 Å². The van der Waals surface area contributed by atoms with Crippen LogP contribution in [0.5, 0.6) is 17.2 Å². The first-order valence-corrected chi connectivity index (χ1v) is 7.64. The van der Waals surface area contributed by atoms with Crippen molar-refractivity contribution in [2.24, 2.45) is 0 Å². The van der Waals surface area contributed by atoms with Gasteiger partial charge in [-0.15, -0.1) is 6.58 Å². The molecular weight excluding hydrogens is 290 g/mol. The maximum absolute atomic E-state index is 10.4. The lowest BCUT2D eigenvalue weighted by atomic mass is 9.88. The first-order chi connectivity index (χ1) is 11.1. The number of fused-ring (bicyclic) bond motifs is 1. The van der Waals surface area contributed by atoms with Gasteiger partial charge < -0.3 is 14.9 Å². The van der Waals surface area contributed by atoms with Gasteiger partial charge in [0.1, 0.15) is 0 Å². The summed E-state index contributed by atoms with van der Waals surface area (Å²) in [6.07, 6.45) is 1.84. The van der Waals surface area contributed by atoms with Crippen LogP contribution in [0.15, 0.2) is 49.1 Å². The lowest BCUT2D eigenvalue weighted by Gasteiger charge is -2.34. The van der Waals surface area contributed by atoms with Crippen molar-refractivity contribution in [2.45, 2.75) is 19.0 Å². The second-order valence-electron chi connectivity index (χ2n) is 5.85. The number of nitrogens with zero attached hydrogens (tertiary/aromatic N) is 1. The highest BCUT2D eigenvalue weighted by molar-refractivity contribution is 5.60. The Morgan fingerprint density at radius 3 is 2.70 bits per heavy atom. The molecule has 1 aliphatic rings. The van der Waals surface area contributed by atoms with E-state index in [1.807, 2.05) is 24.3 Å². The topological polar surface area (TPSA) is 52.9 Å². The van der Waals surface area contributed by atoms with Gasteiger partial charge in [0.2, 0.25) is 5.75 Å². The third kappa shape index (κ3) is 2.90. The molecule has 0 saturated heterocycles. The molecule has 0 radical (unpaired) electrons. The lowest BCUT2D eigenvalue weighted by molar-refractivity contribution is 0.229. The van der Waals surface area contributed by atoms with E-state index in [4.69, 9.17) is 4.74 Å². The standard InChI is InChI=1S/C19H21NO3/c1-3-14-11-20(10-13-7-5-4-6-8-13)12-15-9-16(21)19(23-2)18(22)17(14)15/h3-9,14,21-22H,1,10-12H2,2H3/t14-/m0/s1. The Bertz CT molecular complexity index is 712. The molecule has 0 bridgehead atoms. The van der Waals surface area contributed by atoms with E-state index in [2.05, 4.69) is 23.6 Å². The predicted molar refractivity (Wildman–Crippen MR) is 89.8 cm³/mol. The summed E-state index contributed by atoms with van der Waals surface area (Å²) in [6, 6.07) is 11.9. The fraction of sp³-hybridized carbons (Fsp3) is 0.263. The molecule has 4 heteroatoms. The maximum atomic E-state index is 10.4. The molecule has 2 aromatic carbocycles. The van der Waals surface area contributed by atoms with E-state index in [1.165, 1.54) is 12.7 Å². The van der Waals surface area contributed by atoms with Crippen molar-refractivity contribution in [1.29, 1.82) is 0 Å². The average molecular weight is 311 g/mol. The Morgan fingerprint density at radius 1 is 1.30 bits per heavy atom. The number of benzene rings is 2. The lowest BCUT2D eigenvalue weighted by Crippen LogP contribution is -2.32. The van der Waals surface area contributed by atoms with Gasteiger partial charge in [-0.3, -0.25) is 4.90 Å². The highest BCUT2D eigenvalue weighted by atomic mass is 16.5. The normalized spacial score (nSPS) is 17.5. The fourth-order valence-electron chi connectivity index (χ4n) is 3.28. The van der Waals surface area contributed by atoms with Crippen molar-refractivity contribution in [3.63, 3.8) is 0 Å². The Balaban J connectivity index is 1.95. The van der Waals surface area contributed by atoms with E-state index in [9.17, 15) is 10.2 Å². The Hall–Kier alpha value is -2.46. The van der Waals surface area contributed by atoms with Crippen molar-refractivity contribution in [3.8, 4) is 17.2 Å². The maximum Gasteiger partial charge on any atom is 0.203 e. The van der Waals surface area contributed by atoms with Crippen LogP contribution in [0.2, 0.25) is 0 Å². The van der Waals surface area contributed by atoms with Crippen molar-refractivity contribution < 1.29 is 14.9 Å². The second-order valence-corrected chi connectivity index (χ2v) is 5.85. The van der Waals surface area contributed by atoms with Gasteiger partial charge in [0.25, 0.3) is 0 Å². The summed E-state index contributed by atoms with van der Waals surface area (Å²) in [6.45, 7) is 6.16. The molecule has 2 aromatic rings. The van der Waals surface area contributed by atoms with Crippen LogP contribution in [0.3, 0.4) is 0 Å². The number of phenols is 2. The third-order valence-corrected chi connectivity index (χ3v) is 4.32. The quantitative estimate of drug-likeness (QED) is 0.850. The van der Waals surface area contributed by atoms with Gasteiger partial charge in [-0.1, -0.05) is 36.4 Å². The summed E-state index contributed by atoms with van der Waals surface area (Å²) in [7, 11) is 1.44. The van der Waals surface area contributed by atoms with Crippen LogP contribution in [0.4, 0.5) is 0 Å². The summed E-state index contributed by atoms with van der Waals surface area (Å²) in [5, 5.41) is 20.5. The molecule has 0 unspecified atom stereocenters. The van der Waals surface area contributed by atoms with Crippen LogP contribution in [0.1, 0.15) is 22.6 Å². The summed E-state index contributed by atoms with van der Waals surface area (Å²) in [4.78, 5) is 2.29. The van der Waals surface area contributed by atoms with Crippen molar-refractivity contribution in [3.05, 3.63) is 65.7 Å². The van der Waals surface area contributed by atoms with Crippen molar-refractivity contribution >= 4 is 0 Å². The molecule has 1 atom stereocenters. The van der Waals surface area contributed by atoms with E-state index in [0.29, 0.717) is 6.54 Å². The number of hydrogen-bond acceptors (Lipinski definition) is 4. The average Bonchev–Trinajstić information content (AvgIpc) is 2.55. The molecule has 0 fully saturated rings. The van der Waals surface area contributed by atoms with E-state index in [-0.39, 0.29) is 23.2 Å². The fourth-order valence-corrected chi connectivity index (χ4v) is 3.28. The Morgan fingerprint density at radius 2 is 2.04 bits per heavy atom. The number of aromatic hydroxyl groups is 2. The zero-order valence-corrected chi connectivity index (χ0v) is 13.2. The van der Waals surface area contributed by atoms with Gasteiger partial charge in [-0.2, -0.15) is 0 Å². The molecular formula is C19H21NO3. The van der Waals surface area contributed by atoms with Gasteiger partial charge in [0, 0.05) is 31.1 Å². The molecule has 2 N–H and O–H groups in total. The molecule has 0 aromatic heterocycles. The van der Waals surface area contributed by atoms with Crippen LogP contribution in [0.25, 0.3) is 0 Å². The number of phenolic OH excluding ortho intramolecular Hbond substituents is 2. The number of hydrogen-bond donors (Lipinski definition) is 2. The first-order valence-electron chi connectivity index (χ1n) is 7.64. The van der Waals surface area contributed by atoms with E-state index < -0.39 is 0 Å². The first kappa shape index (κ1) is 15.4. The largest absolute Gasteiger partial charge is 0.504 e. The Labute approximate surface area is 136 Å². The number of rotatable bonds is 4. The summed E-state index contributed by atoms with van der Waals surface area (Å²) in [5.41, 5.74) is 2.95. The van der Waals surface area contributed by atoms with Gasteiger partial charge >= 0.3 is 0 Å². The van der Waals surface area contributed by atoms with Gasteiger partial charge in [-0.25, -0.2) is 0 Å². The van der Waals surface area contributed by atoms with Crippen LogP contribution < -0.4 is 4.74 Å². The predicted octanol–water partition coefficient (Wildman–Crippen LogP) is 3.39. The highest BCUT2D eigenvalue weighted by Crippen LogP contribution is 2.46. The molecule has 0 aliphatic carbocycles. The van der Waals surface area contributed by atoms with Crippen LogP contribution >= 0.6 is 0 Å². The molecule has 120 valence electrons. The van der Waals surface area contributed by atoms with Crippen molar-refractivity contribution in [1.82, 2.24) is 4.90 Å². The summed E-state index contributed by atoms with van der Waals surface area (Å²) >= 11 is 0. The summed E-state index contributed by atoms with van der Waals surface area (Å²) in [5.74, 6) is 0.115. The molecule has 0 saturated carbocycles. The van der Waals surface area contributed by atoms with E-state index >= 15 is 0 Å². The van der Waals surface area contributed by atoms with Crippen LogP contribution in [-0.4, -0.2) is 28.8 Å². The molecule has 1 aliphatic heterocycles. The Kier molecular flexibility index (Phi) is 4.26. The molecule has 0 spiro atoms. The number of methoxy groups -OCH3 is 1. The minimum absolute atomic E-state index is 0.00281. The number of ether oxygens (including phenoxy) is 1. The minimum atomic E-state index is -0.0341. The second kappa shape index (κ2) is 6.34. The van der Waals surface area contributed by atoms with Gasteiger partial charge in [0.05, 0.1) is 7.11 Å². The highest BCUT2D eigenvalue weighted by Gasteiger charge is 2.29. The third-order valence-electron chi connectivity index (χ3n) is 4.32. The zero-order valence-electron chi connectivity index (χ0n) is 13.2. The summed E-state index contributed by atoms with van der Waals surface area (Å²) < 4.78 is 5.11. The van der Waals surface area contributed by atoms with E-state index in [0.717, 1.165) is 24.2 Å². The van der Waals surface area contributed by atoms with Crippen molar-refractivity contribution in [2.75, 3.05) is 13.7 Å². The monoisotopic (exact) mass is 311 g/mol. The van der Waals surface area contributed by atoms with Crippen LogP contribution in [-0.2, 0) is 13.1 Å². The van der Waals surface area contributed by atoms with Crippen LogP contribution in [0, 0.1) is 0 Å². The minimum Gasteiger partial charge on any atom is -0.504 e. The van der Waals surface area contributed by atoms with Gasteiger partial charge in [0.15, 0.2) is 11.5 Å². The molecule has 4 nitrogen and oxygen atoms in total. The zero-order chi connectivity index (χ0) is 16.4. The molecule has 0 amide bonds. The molecule has 23 heavy (non-hydrogen) atoms. The smallest absolute Gasteiger partial charge is 0.203 e. The molecule has 1 heterocycles. The molecule has 3 rings (SSSR count).